The molecule has 196 valence electrons. The molecule has 2 atom stereocenters. The average molecular weight is 517 g/mol. The second kappa shape index (κ2) is 11.3. The SMILES string of the molecule is CCOCc1cc(F)c(-c2c(F)ccc(C(=O)Nc3cnccc3N3C[C@H](C)C[C@H](N)C3)c2F)c(F)c1. The van der Waals surface area contributed by atoms with Crippen LogP contribution in [0.5, 0.6) is 0 Å². The maximum Gasteiger partial charge on any atom is 0.258 e. The Morgan fingerprint density at radius 1 is 1.11 bits per heavy atom. The van der Waals surface area contributed by atoms with Crippen molar-refractivity contribution in [3.8, 4) is 11.1 Å². The Balaban J connectivity index is 1.67. The van der Waals surface area contributed by atoms with Gasteiger partial charge in [-0.2, -0.15) is 0 Å². The summed E-state index contributed by atoms with van der Waals surface area (Å²) in [6.07, 6.45) is 3.84. The van der Waals surface area contributed by atoms with Gasteiger partial charge in [-0.05, 0) is 55.2 Å². The number of benzene rings is 2. The number of ether oxygens (including phenoxy) is 1. The van der Waals surface area contributed by atoms with Crippen molar-refractivity contribution in [1.82, 2.24) is 4.98 Å². The lowest BCUT2D eigenvalue weighted by Crippen LogP contribution is -2.46. The molecule has 6 nitrogen and oxygen atoms in total. The molecule has 0 bridgehead atoms. The number of nitrogens with zero attached hydrogens (tertiary/aromatic N) is 2. The third-order valence-electron chi connectivity index (χ3n) is 6.24. The van der Waals surface area contributed by atoms with Crippen molar-refractivity contribution in [3.05, 3.63) is 77.1 Å². The van der Waals surface area contributed by atoms with Gasteiger partial charge in [-0.1, -0.05) is 6.92 Å². The van der Waals surface area contributed by atoms with Gasteiger partial charge < -0.3 is 20.7 Å². The zero-order valence-corrected chi connectivity index (χ0v) is 20.5. The Morgan fingerprint density at radius 2 is 1.84 bits per heavy atom. The van der Waals surface area contributed by atoms with Gasteiger partial charge in [0, 0.05) is 31.9 Å². The third-order valence-corrected chi connectivity index (χ3v) is 6.24. The van der Waals surface area contributed by atoms with Crippen LogP contribution in [-0.4, -0.2) is 36.6 Å². The number of carbonyl (C=O) groups excluding carboxylic acids is 1. The number of pyridine rings is 1. The van der Waals surface area contributed by atoms with Crippen LogP contribution < -0.4 is 16.0 Å². The molecule has 3 aromatic rings. The number of hydrogen-bond donors (Lipinski definition) is 2. The summed E-state index contributed by atoms with van der Waals surface area (Å²) >= 11 is 0. The van der Waals surface area contributed by atoms with E-state index < -0.39 is 45.9 Å². The maximum absolute atomic E-state index is 15.5. The molecule has 1 aromatic heterocycles. The number of rotatable bonds is 7. The fraction of sp³-hybridized carbons (Fsp3) is 0.333. The minimum absolute atomic E-state index is 0.0534. The van der Waals surface area contributed by atoms with Crippen LogP contribution in [-0.2, 0) is 11.3 Å². The first-order valence-corrected chi connectivity index (χ1v) is 12.0. The van der Waals surface area contributed by atoms with E-state index in [2.05, 4.69) is 17.2 Å². The molecular weight excluding hydrogens is 488 g/mol. The van der Waals surface area contributed by atoms with Gasteiger partial charge in [-0.3, -0.25) is 9.78 Å². The van der Waals surface area contributed by atoms with E-state index in [-0.39, 0.29) is 18.2 Å². The van der Waals surface area contributed by atoms with Crippen LogP contribution in [0.2, 0.25) is 0 Å². The van der Waals surface area contributed by atoms with Gasteiger partial charge in [-0.25, -0.2) is 17.6 Å². The summed E-state index contributed by atoms with van der Waals surface area (Å²) in [7, 11) is 0. The van der Waals surface area contributed by atoms with Crippen molar-refractivity contribution in [3.63, 3.8) is 0 Å². The van der Waals surface area contributed by atoms with Crippen LogP contribution in [0, 0.1) is 29.2 Å². The van der Waals surface area contributed by atoms with E-state index in [4.69, 9.17) is 10.5 Å². The molecule has 1 aliphatic heterocycles. The van der Waals surface area contributed by atoms with E-state index in [0.717, 1.165) is 30.7 Å². The predicted octanol–water partition coefficient (Wildman–Crippen LogP) is 5.27. The van der Waals surface area contributed by atoms with Crippen molar-refractivity contribution in [2.75, 3.05) is 29.9 Å². The Bertz CT molecular complexity index is 1270. The fourth-order valence-corrected chi connectivity index (χ4v) is 4.67. The number of nitrogens with two attached hydrogens (primary N) is 1. The molecule has 1 amide bonds. The number of hydrogen-bond acceptors (Lipinski definition) is 5. The lowest BCUT2D eigenvalue weighted by Gasteiger charge is -2.37. The molecule has 0 aliphatic carbocycles. The minimum atomic E-state index is -1.38. The minimum Gasteiger partial charge on any atom is -0.377 e. The molecule has 1 fully saturated rings. The second-order valence-corrected chi connectivity index (χ2v) is 9.21. The molecule has 10 heteroatoms. The first kappa shape index (κ1) is 26.6. The summed E-state index contributed by atoms with van der Waals surface area (Å²) in [6.45, 7) is 5.32. The van der Waals surface area contributed by atoms with Crippen molar-refractivity contribution < 1.29 is 27.1 Å². The maximum atomic E-state index is 15.5. The molecule has 0 saturated carbocycles. The standard InChI is InChI=1S/C27H28F4N4O2/c1-3-37-14-16-9-20(29)24(21(30)10-16)25-19(28)5-4-18(26(25)31)27(36)34-22-11-33-7-6-23(22)35-12-15(2)8-17(32)13-35/h4-7,9-11,15,17H,3,8,12-14,32H2,1-2H3,(H,34,36)/t15-,17+/m1/s1. The Morgan fingerprint density at radius 3 is 2.51 bits per heavy atom. The van der Waals surface area contributed by atoms with Crippen LogP contribution in [0.15, 0.2) is 42.7 Å². The molecule has 0 unspecified atom stereocenters. The second-order valence-electron chi connectivity index (χ2n) is 9.21. The molecule has 2 heterocycles. The molecule has 1 aliphatic rings. The van der Waals surface area contributed by atoms with Crippen molar-refractivity contribution in [2.24, 2.45) is 11.7 Å². The summed E-state index contributed by atoms with van der Waals surface area (Å²) in [5.41, 5.74) is 4.84. The first-order valence-electron chi connectivity index (χ1n) is 12.0. The van der Waals surface area contributed by atoms with Crippen LogP contribution in [0.25, 0.3) is 11.1 Å². The Labute approximate surface area is 212 Å². The van der Waals surface area contributed by atoms with Gasteiger partial charge in [-0.15, -0.1) is 0 Å². The zero-order valence-electron chi connectivity index (χ0n) is 20.5. The summed E-state index contributed by atoms with van der Waals surface area (Å²) in [5.74, 6) is -5.53. The normalized spacial score (nSPS) is 17.6. The predicted molar refractivity (Wildman–Crippen MR) is 133 cm³/mol. The topological polar surface area (TPSA) is 80.5 Å². The number of nitrogens with one attached hydrogen (secondary N) is 1. The first-order chi connectivity index (χ1) is 17.7. The summed E-state index contributed by atoms with van der Waals surface area (Å²) in [5, 5.41) is 2.60. The molecule has 4 rings (SSSR count). The number of aromatic nitrogens is 1. The number of anilines is 2. The molecule has 2 aromatic carbocycles. The summed E-state index contributed by atoms with van der Waals surface area (Å²) in [6, 6.07) is 5.29. The molecule has 0 spiro atoms. The zero-order chi connectivity index (χ0) is 26.7. The highest BCUT2D eigenvalue weighted by Gasteiger charge is 2.27. The van der Waals surface area contributed by atoms with Crippen LogP contribution >= 0.6 is 0 Å². The third kappa shape index (κ3) is 5.75. The van der Waals surface area contributed by atoms with Crippen molar-refractivity contribution in [1.29, 1.82) is 0 Å². The highest BCUT2D eigenvalue weighted by atomic mass is 19.1. The number of piperidine rings is 1. The van der Waals surface area contributed by atoms with E-state index in [0.29, 0.717) is 37.0 Å². The number of carbonyl (C=O) groups is 1. The monoisotopic (exact) mass is 516 g/mol. The van der Waals surface area contributed by atoms with Crippen LogP contribution in [0.3, 0.4) is 0 Å². The summed E-state index contributed by atoms with van der Waals surface area (Å²) in [4.78, 5) is 19.1. The van der Waals surface area contributed by atoms with Crippen LogP contribution in [0.4, 0.5) is 28.9 Å². The molecule has 1 saturated heterocycles. The van der Waals surface area contributed by atoms with Gasteiger partial charge in [0.2, 0.25) is 0 Å². The van der Waals surface area contributed by atoms with Gasteiger partial charge in [0.25, 0.3) is 5.91 Å². The largest absolute Gasteiger partial charge is 0.377 e. The van der Waals surface area contributed by atoms with Crippen molar-refractivity contribution >= 4 is 17.3 Å². The van der Waals surface area contributed by atoms with Crippen molar-refractivity contribution in [2.45, 2.75) is 32.9 Å². The van der Waals surface area contributed by atoms with E-state index in [1.807, 2.05) is 4.90 Å². The average Bonchev–Trinajstić information content (AvgIpc) is 2.84. The fourth-order valence-electron chi connectivity index (χ4n) is 4.67. The molecule has 37 heavy (non-hydrogen) atoms. The highest BCUT2D eigenvalue weighted by molar-refractivity contribution is 6.06. The smallest absolute Gasteiger partial charge is 0.258 e. The summed E-state index contributed by atoms with van der Waals surface area (Å²) < 4.78 is 65.0. The van der Waals surface area contributed by atoms with Crippen LogP contribution in [0.1, 0.15) is 36.2 Å². The van der Waals surface area contributed by atoms with Gasteiger partial charge in [0.05, 0.1) is 40.9 Å². The quantitative estimate of drug-likeness (QED) is 0.419. The van der Waals surface area contributed by atoms with E-state index >= 15 is 4.39 Å². The lowest BCUT2D eigenvalue weighted by atomic mass is 9.96. The Kier molecular flexibility index (Phi) is 8.09. The highest BCUT2D eigenvalue weighted by Crippen LogP contribution is 2.34. The number of halogens is 4. The number of amides is 1. The van der Waals surface area contributed by atoms with E-state index in [9.17, 15) is 18.0 Å². The Hall–Kier alpha value is -3.50. The lowest BCUT2D eigenvalue weighted by molar-refractivity contribution is 0.102. The molecule has 0 radical (unpaired) electrons. The van der Waals surface area contributed by atoms with Gasteiger partial charge in [0.15, 0.2) is 0 Å². The molecular formula is C27H28F4N4O2. The van der Waals surface area contributed by atoms with Gasteiger partial charge >= 0.3 is 0 Å². The van der Waals surface area contributed by atoms with Gasteiger partial charge in [0.1, 0.15) is 23.3 Å². The van der Waals surface area contributed by atoms with E-state index in [1.54, 1.807) is 19.2 Å². The molecule has 3 N–H and O–H groups in total. The van der Waals surface area contributed by atoms with E-state index in [1.165, 1.54) is 6.20 Å².